The molecule has 2 aliphatic heterocycles. The number of ketones is 1. The largest absolute Gasteiger partial charge is 0.507 e. The lowest BCUT2D eigenvalue weighted by molar-refractivity contribution is -0.140. The lowest BCUT2D eigenvalue weighted by Gasteiger charge is -2.26. The standard InChI is InChI=1S/C28H24N2O6/c1-2-11-34-21-7-3-6-19(14-21)25-24(26(31)20-8-9-22-23(15-20)36-13-12-35-22)27(32)28(33)30(25)17-18-5-4-10-29-16-18/h2-10,14-16,25,31H,1,11-13,17H2/b26-24+/t25-/m0/s1. The van der Waals surface area contributed by atoms with Crippen molar-refractivity contribution < 1.29 is 28.9 Å². The van der Waals surface area contributed by atoms with Crippen LogP contribution in [0.3, 0.4) is 0 Å². The summed E-state index contributed by atoms with van der Waals surface area (Å²) < 4.78 is 16.9. The zero-order valence-corrected chi connectivity index (χ0v) is 19.4. The number of Topliss-reactive ketones (excluding diaryl/α,β-unsaturated/α-hetero) is 1. The van der Waals surface area contributed by atoms with Crippen LogP contribution in [-0.2, 0) is 16.1 Å². The first-order valence-electron chi connectivity index (χ1n) is 11.5. The minimum absolute atomic E-state index is 0.0126. The van der Waals surface area contributed by atoms with E-state index in [2.05, 4.69) is 11.6 Å². The summed E-state index contributed by atoms with van der Waals surface area (Å²) in [5.41, 5.74) is 1.71. The molecule has 1 N–H and O–H groups in total. The molecule has 1 aromatic heterocycles. The van der Waals surface area contributed by atoms with Crippen LogP contribution in [-0.4, -0.2) is 46.5 Å². The van der Waals surface area contributed by atoms with Gasteiger partial charge in [0.05, 0.1) is 11.6 Å². The van der Waals surface area contributed by atoms with E-state index in [-0.39, 0.29) is 17.9 Å². The van der Waals surface area contributed by atoms with Crippen molar-refractivity contribution >= 4 is 17.4 Å². The molecule has 3 aromatic rings. The number of aromatic nitrogens is 1. The number of carbonyl (C=O) groups excluding carboxylic acids is 2. The van der Waals surface area contributed by atoms with E-state index in [0.717, 1.165) is 5.56 Å². The van der Waals surface area contributed by atoms with E-state index in [1.165, 1.54) is 4.90 Å². The normalized spacial score (nSPS) is 18.2. The van der Waals surface area contributed by atoms with Crippen molar-refractivity contribution in [3.05, 3.63) is 102 Å². The fourth-order valence-corrected chi connectivity index (χ4v) is 4.35. The predicted molar refractivity (Wildman–Crippen MR) is 132 cm³/mol. The number of aliphatic hydroxyl groups is 1. The molecule has 2 aliphatic rings. The molecule has 1 atom stereocenters. The topological polar surface area (TPSA) is 98.2 Å². The second kappa shape index (κ2) is 9.95. The summed E-state index contributed by atoms with van der Waals surface area (Å²) in [5, 5.41) is 11.4. The van der Waals surface area contributed by atoms with Crippen LogP contribution < -0.4 is 14.2 Å². The number of hydrogen-bond donors (Lipinski definition) is 1. The number of amides is 1. The van der Waals surface area contributed by atoms with E-state index in [9.17, 15) is 14.7 Å². The highest BCUT2D eigenvalue weighted by molar-refractivity contribution is 6.46. The predicted octanol–water partition coefficient (Wildman–Crippen LogP) is 4.04. The summed E-state index contributed by atoms with van der Waals surface area (Å²) in [5.74, 6) is -0.195. The number of ether oxygens (including phenoxy) is 3. The van der Waals surface area contributed by atoms with Gasteiger partial charge in [-0.25, -0.2) is 0 Å². The molecule has 8 heteroatoms. The molecule has 1 amide bonds. The fourth-order valence-electron chi connectivity index (χ4n) is 4.35. The first-order chi connectivity index (χ1) is 17.6. The zero-order chi connectivity index (χ0) is 25.1. The van der Waals surface area contributed by atoms with E-state index in [0.29, 0.717) is 48.2 Å². The molecule has 0 saturated carbocycles. The highest BCUT2D eigenvalue weighted by atomic mass is 16.6. The van der Waals surface area contributed by atoms with Crippen LogP contribution in [0.1, 0.15) is 22.7 Å². The number of rotatable bonds is 7. The molecule has 0 unspecified atom stereocenters. The summed E-state index contributed by atoms with van der Waals surface area (Å²) in [6.45, 7) is 4.92. The van der Waals surface area contributed by atoms with Gasteiger partial charge >= 0.3 is 0 Å². The van der Waals surface area contributed by atoms with Crippen LogP contribution in [0, 0.1) is 0 Å². The van der Waals surface area contributed by atoms with Crippen LogP contribution in [0.5, 0.6) is 17.2 Å². The third-order valence-electron chi connectivity index (χ3n) is 5.97. The molecule has 0 bridgehead atoms. The van der Waals surface area contributed by atoms with Crippen molar-refractivity contribution in [3.8, 4) is 17.2 Å². The average Bonchev–Trinajstić information content (AvgIpc) is 3.17. The van der Waals surface area contributed by atoms with Crippen molar-refractivity contribution in [1.82, 2.24) is 9.88 Å². The minimum Gasteiger partial charge on any atom is -0.507 e. The maximum atomic E-state index is 13.3. The molecule has 2 aromatic carbocycles. The summed E-state index contributed by atoms with van der Waals surface area (Å²) in [4.78, 5) is 32.1. The Morgan fingerprint density at radius 3 is 2.72 bits per heavy atom. The Kier molecular flexibility index (Phi) is 6.40. The fraction of sp³-hybridized carbons (Fsp3) is 0.179. The van der Waals surface area contributed by atoms with Crippen molar-refractivity contribution in [2.75, 3.05) is 19.8 Å². The maximum absolute atomic E-state index is 13.3. The van der Waals surface area contributed by atoms with Gasteiger partial charge in [-0.15, -0.1) is 0 Å². The first-order valence-corrected chi connectivity index (χ1v) is 11.5. The second-order valence-corrected chi connectivity index (χ2v) is 8.32. The third kappa shape index (κ3) is 4.40. The molecule has 1 fully saturated rings. The van der Waals surface area contributed by atoms with Gasteiger partial charge in [-0.1, -0.05) is 30.9 Å². The van der Waals surface area contributed by atoms with Crippen LogP contribution in [0.4, 0.5) is 0 Å². The molecule has 0 spiro atoms. The van der Waals surface area contributed by atoms with E-state index >= 15 is 0 Å². The molecule has 1 saturated heterocycles. The Morgan fingerprint density at radius 2 is 1.94 bits per heavy atom. The summed E-state index contributed by atoms with van der Waals surface area (Å²) >= 11 is 0. The monoisotopic (exact) mass is 484 g/mol. The molecular weight excluding hydrogens is 460 g/mol. The van der Waals surface area contributed by atoms with Gasteiger partial charge in [-0.3, -0.25) is 14.6 Å². The molecule has 8 nitrogen and oxygen atoms in total. The second-order valence-electron chi connectivity index (χ2n) is 8.32. The van der Waals surface area contributed by atoms with E-state index in [4.69, 9.17) is 14.2 Å². The number of aliphatic hydroxyl groups excluding tert-OH is 1. The number of pyridine rings is 1. The minimum atomic E-state index is -0.842. The molecule has 5 rings (SSSR count). The van der Waals surface area contributed by atoms with Gasteiger partial charge in [-0.05, 0) is 47.5 Å². The van der Waals surface area contributed by atoms with Gasteiger partial charge in [-0.2, -0.15) is 0 Å². The molecule has 3 heterocycles. The van der Waals surface area contributed by atoms with Crippen LogP contribution >= 0.6 is 0 Å². The van der Waals surface area contributed by atoms with E-state index in [1.54, 1.807) is 67.0 Å². The van der Waals surface area contributed by atoms with E-state index < -0.39 is 17.7 Å². The van der Waals surface area contributed by atoms with Crippen LogP contribution in [0.15, 0.2) is 85.2 Å². The SMILES string of the molecule is C=CCOc1cccc([C@H]2/C(=C(\O)c3ccc4c(c3)OCCO4)C(=O)C(=O)N2Cc2cccnc2)c1. The third-order valence-corrected chi connectivity index (χ3v) is 5.97. The average molecular weight is 485 g/mol. The van der Waals surface area contributed by atoms with Crippen molar-refractivity contribution in [2.24, 2.45) is 0 Å². The lowest BCUT2D eigenvalue weighted by Crippen LogP contribution is -2.29. The number of carbonyl (C=O) groups is 2. The molecule has 182 valence electrons. The van der Waals surface area contributed by atoms with Crippen molar-refractivity contribution in [3.63, 3.8) is 0 Å². The Morgan fingerprint density at radius 1 is 1.11 bits per heavy atom. The highest BCUT2D eigenvalue weighted by Gasteiger charge is 2.46. The quantitative estimate of drug-likeness (QED) is 0.234. The summed E-state index contributed by atoms with van der Waals surface area (Å²) in [6.07, 6.45) is 4.90. The van der Waals surface area contributed by atoms with Gasteiger partial charge < -0.3 is 24.2 Å². The molecule has 36 heavy (non-hydrogen) atoms. The maximum Gasteiger partial charge on any atom is 0.295 e. The Bertz CT molecular complexity index is 1350. The summed E-state index contributed by atoms with van der Waals surface area (Å²) in [6, 6.07) is 14.8. The van der Waals surface area contributed by atoms with Gasteiger partial charge in [0.1, 0.15) is 31.3 Å². The van der Waals surface area contributed by atoms with Crippen LogP contribution in [0.2, 0.25) is 0 Å². The van der Waals surface area contributed by atoms with Gasteiger partial charge in [0.2, 0.25) is 0 Å². The molecular formula is C28H24N2O6. The molecule has 0 radical (unpaired) electrons. The first kappa shape index (κ1) is 23.2. The van der Waals surface area contributed by atoms with Gasteiger partial charge in [0.25, 0.3) is 11.7 Å². The zero-order valence-electron chi connectivity index (χ0n) is 19.4. The number of nitrogens with zero attached hydrogens (tertiary/aromatic N) is 2. The Labute approximate surface area is 208 Å². The Balaban J connectivity index is 1.62. The number of likely N-dealkylation sites (tertiary alicyclic amines) is 1. The van der Waals surface area contributed by atoms with Crippen molar-refractivity contribution in [1.29, 1.82) is 0 Å². The number of benzene rings is 2. The van der Waals surface area contributed by atoms with Crippen molar-refractivity contribution in [2.45, 2.75) is 12.6 Å². The number of fused-ring (bicyclic) bond motifs is 1. The lowest BCUT2D eigenvalue weighted by atomic mass is 9.95. The van der Waals surface area contributed by atoms with Gasteiger partial charge in [0, 0.05) is 24.5 Å². The number of hydrogen-bond acceptors (Lipinski definition) is 7. The smallest absolute Gasteiger partial charge is 0.295 e. The van der Waals surface area contributed by atoms with Gasteiger partial charge in [0.15, 0.2) is 11.5 Å². The van der Waals surface area contributed by atoms with Crippen LogP contribution in [0.25, 0.3) is 5.76 Å². The summed E-state index contributed by atoms with van der Waals surface area (Å²) in [7, 11) is 0. The van der Waals surface area contributed by atoms with E-state index in [1.807, 2.05) is 6.07 Å². The highest BCUT2D eigenvalue weighted by Crippen LogP contribution is 2.42. The molecule has 0 aliphatic carbocycles. The Hall–Kier alpha value is -4.59.